The lowest BCUT2D eigenvalue weighted by Gasteiger charge is -2.33. The average Bonchev–Trinajstić information content (AvgIpc) is 2.79. The van der Waals surface area contributed by atoms with Crippen molar-refractivity contribution >= 4 is 11.3 Å². The number of nitrogens with zero attached hydrogens (tertiary/aromatic N) is 1. The van der Waals surface area contributed by atoms with Crippen molar-refractivity contribution in [3.8, 4) is 0 Å². The summed E-state index contributed by atoms with van der Waals surface area (Å²) in [6, 6.07) is 0. The largest absolute Gasteiger partial charge is 0.312 e. The van der Waals surface area contributed by atoms with E-state index in [1.54, 1.807) is 0 Å². The number of rotatable bonds is 5. The molecule has 1 N–H and O–H groups in total. The van der Waals surface area contributed by atoms with Crippen LogP contribution >= 0.6 is 11.3 Å². The number of aromatic nitrogens is 1. The highest BCUT2D eigenvalue weighted by Gasteiger charge is 2.29. The summed E-state index contributed by atoms with van der Waals surface area (Å²) in [4.78, 5) is 6.39. The number of hydrogen-bond donors (Lipinski definition) is 1. The Morgan fingerprint density at radius 3 is 2.53 bits per heavy atom. The molecule has 0 saturated heterocycles. The van der Waals surface area contributed by atoms with E-state index >= 15 is 0 Å². The zero-order valence-corrected chi connectivity index (χ0v) is 13.7. The van der Waals surface area contributed by atoms with Crippen molar-refractivity contribution in [3.05, 3.63) is 15.6 Å². The van der Waals surface area contributed by atoms with Gasteiger partial charge in [0.05, 0.1) is 10.7 Å². The lowest BCUT2D eigenvalue weighted by atomic mass is 9.73. The Bertz CT molecular complexity index is 399. The van der Waals surface area contributed by atoms with Gasteiger partial charge < -0.3 is 5.32 Å². The third-order valence-corrected chi connectivity index (χ3v) is 5.61. The van der Waals surface area contributed by atoms with E-state index in [1.165, 1.54) is 41.3 Å². The van der Waals surface area contributed by atoms with Crippen molar-refractivity contribution in [1.82, 2.24) is 10.3 Å². The lowest BCUT2D eigenvalue weighted by molar-refractivity contribution is 0.224. The van der Waals surface area contributed by atoms with Crippen molar-refractivity contribution in [1.29, 1.82) is 0 Å². The molecule has 1 aliphatic rings. The minimum Gasteiger partial charge on any atom is -0.312 e. The average molecular weight is 280 g/mol. The zero-order valence-electron chi connectivity index (χ0n) is 12.9. The van der Waals surface area contributed by atoms with Crippen LogP contribution in [0.3, 0.4) is 0 Å². The van der Waals surface area contributed by atoms with Crippen molar-refractivity contribution in [2.75, 3.05) is 6.54 Å². The van der Waals surface area contributed by atoms with Crippen molar-refractivity contribution in [3.63, 3.8) is 0 Å². The maximum Gasteiger partial charge on any atom is 0.0962 e. The van der Waals surface area contributed by atoms with Gasteiger partial charge in [0, 0.05) is 17.3 Å². The van der Waals surface area contributed by atoms with Gasteiger partial charge in [-0.25, -0.2) is 4.98 Å². The van der Waals surface area contributed by atoms with Crippen LogP contribution in [0.5, 0.6) is 0 Å². The van der Waals surface area contributed by atoms with Crippen LogP contribution in [0.25, 0.3) is 0 Å². The van der Waals surface area contributed by atoms with Crippen LogP contribution < -0.4 is 5.32 Å². The Kier molecular flexibility index (Phi) is 5.02. The van der Waals surface area contributed by atoms with Gasteiger partial charge in [0.2, 0.25) is 0 Å². The van der Waals surface area contributed by atoms with Crippen LogP contribution in [0.15, 0.2) is 0 Å². The van der Waals surface area contributed by atoms with E-state index in [2.05, 4.69) is 33.0 Å². The second kappa shape index (κ2) is 6.36. The first-order valence-corrected chi connectivity index (χ1v) is 8.56. The Morgan fingerprint density at radius 1 is 1.26 bits per heavy atom. The predicted molar refractivity (Wildman–Crippen MR) is 83.9 cm³/mol. The van der Waals surface area contributed by atoms with Gasteiger partial charge in [-0.1, -0.05) is 27.7 Å². The van der Waals surface area contributed by atoms with Gasteiger partial charge in [0.1, 0.15) is 0 Å². The Hall–Kier alpha value is -0.410. The summed E-state index contributed by atoms with van der Waals surface area (Å²) in [5.74, 6) is 0.721. The molecule has 0 bridgehead atoms. The smallest absolute Gasteiger partial charge is 0.0962 e. The number of thiazole rings is 1. The summed E-state index contributed by atoms with van der Waals surface area (Å²) in [7, 11) is 0. The summed E-state index contributed by atoms with van der Waals surface area (Å²) in [5.41, 5.74) is 1.87. The van der Waals surface area contributed by atoms with Gasteiger partial charge in [0.15, 0.2) is 0 Å². The molecular formula is C16H28N2S. The molecule has 0 aromatic carbocycles. The maximum absolute atomic E-state index is 4.93. The summed E-state index contributed by atoms with van der Waals surface area (Å²) in [6.07, 6.45) is 6.41. The van der Waals surface area contributed by atoms with Crippen LogP contribution in [0, 0.1) is 5.41 Å². The highest BCUT2D eigenvalue weighted by molar-refractivity contribution is 7.11. The molecule has 0 unspecified atom stereocenters. The van der Waals surface area contributed by atoms with E-state index in [9.17, 15) is 0 Å². The molecule has 3 heteroatoms. The molecule has 1 fully saturated rings. The molecule has 2 nitrogen and oxygen atoms in total. The van der Waals surface area contributed by atoms with Crippen LogP contribution in [0.1, 0.15) is 74.9 Å². The Morgan fingerprint density at radius 2 is 1.95 bits per heavy atom. The standard InChI is InChI=1S/C16H28N2S/c1-5-13-14(11-17-6-2)19-15(18-13)12-7-9-16(3,4)10-8-12/h12,17H,5-11H2,1-4H3. The maximum atomic E-state index is 4.93. The molecule has 0 radical (unpaired) electrons. The fraction of sp³-hybridized carbons (Fsp3) is 0.812. The molecule has 1 heterocycles. The normalized spacial score (nSPS) is 19.8. The third-order valence-electron chi connectivity index (χ3n) is 4.35. The quantitative estimate of drug-likeness (QED) is 0.859. The first-order chi connectivity index (χ1) is 9.05. The van der Waals surface area contributed by atoms with Crippen LogP contribution in [0.4, 0.5) is 0 Å². The van der Waals surface area contributed by atoms with Crippen molar-refractivity contribution < 1.29 is 0 Å². The monoisotopic (exact) mass is 280 g/mol. The van der Waals surface area contributed by atoms with Crippen molar-refractivity contribution in [2.24, 2.45) is 5.41 Å². The summed E-state index contributed by atoms with van der Waals surface area (Å²) >= 11 is 1.96. The minimum absolute atomic E-state index is 0.550. The summed E-state index contributed by atoms with van der Waals surface area (Å²) in [6.45, 7) is 11.2. The Labute approximate surface area is 122 Å². The highest BCUT2D eigenvalue weighted by Crippen LogP contribution is 2.43. The molecule has 0 aliphatic heterocycles. The van der Waals surface area contributed by atoms with E-state index < -0.39 is 0 Å². The molecule has 108 valence electrons. The fourth-order valence-electron chi connectivity index (χ4n) is 2.88. The van der Waals surface area contributed by atoms with Crippen LogP contribution in [-0.4, -0.2) is 11.5 Å². The molecular weight excluding hydrogens is 252 g/mol. The van der Waals surface area contributed by atoms with Gasteiger partial charge >= 0.3 is 0 Å². The second-order valence-electron chi connectivity index (χ2n) is 6.49. The van der Waals surface area contributed by atoms with E-state index in [1.807, 2.05) is 11.3 Å². The van der Waals surface area contributed by atoms with E-state index in [0.717, 1.165) is 25.4 Å². The van der Waals surface area contributed by atoms with E-state index in [0.29, 0.717) is 5.41 Å². The zero-order chi connectivity index (χ0) is 13.9. The highest BCUT2D eigenvalue weighted by atomic mass is 32.1. The first-order valence-electron chi connectivity index (χ1n) is 7.75. The van der Waals surface area contributed by atoms with E-state index in [4.69, 9.17) is 4.98 Å². The molecule has 2 rings (SSSR count). The minimum atomic E-state index is 0.550. The predicted octanol–water partition coefficient (Wildman–Crippen LogP) is 4.50. The second-order valence-corrected chi connectivity index (χ2v) is 7.61. The number of aryl methyl sites for hydroxylation is 1. The van der Waals surface area contributed by atoms with E-state index in [-0.39, 0.29) is 0 Å². The van der Waals surface area contributed by atoms with Gasteiger partial charge in [-0.15, -0.1) is 11.3 Å². The van der Waals surface area contributed by atoms with Crippen LogP contribution in [-0.2, 0) is 13.0 Å². The molecule has 1 saturated carbocycles. The number of hydrogen-bond acceptors (Lipinski definition) is 3. The molecule has 0 atom stereocenters. The molecule has 0 spiro atoms. The van der Waals surface area contributed by atoms with Gasteiger partial charge in [-0.05, 0) is 44.1 Å². The van der Waals surface area contributed by atoms with Gasteiger partial charge in [-0.3, -0.25) is 0 Å². The van der Waals surface area contributed by atoms with Crippen LogP contribution in [0.2, 0.25) is 0 Å². The summed E-state index contributed by atoms with van der Waals surface area (Å²) < 4.78 is 0. The summed E-state index contributed by atoms with van der Waals surface area (Å²) in [5, 5.41) is 4.84. The molecule has 19 heavy (non-hydrogen) atoms. The van der Waals surface area contributed by atoms with Crippen molar-refractivity contribution in [2.45, 2.75) is 72.3 Å². The molecule has 1 aromatic heterocycles. The lowest BCUT2D eigenvalue weighted by Crippen LogP contribution is -2.20. The van der Waals surface area contributed by atoms with Gasteiger partial charge in [-0.2, -0.15) is 0 Å². The Balaban J connectivity index is 2.06. The van der Waals surface area contributed by atoms with Gasteiger partial charge in [0.25, 0.3) is 0 Å². The first kappa shape index (κ1) is 15.0. The fourth-order valence-corrected chi connectivity index (χ4v) is 4.17. The molecule has 1 aromatic rings. The third kappa shape index (κ3) is 3.79. The topological polar surface area (TPSA) is 24.9 Å². The molecule has 0 amide bonds. The SMILES string of the molecule is CCNCc1sc(C2CCC(C)(C)CC2)nc1CC. The molecule has 1 aliphatic carbocycles. The number of nitrogens with one attached hydrogen (secondary N) is 1.